The van der Waals surface area contributed by atoms with Crippen LogP contribution < -0.4 is 5.32 Å². The van der Waals surface area contributed by atoms with Gasteiger partial charge in [-0.25, -0.2) is 0 Å². The Morgan fingerprint density at radius 1 is 1.17 bits per heavy atom. The molecule has 0 aliphatic carbocycles. The highest BCUT2D eigenvalue weighted by atomic mass is 35.5. The average molecular weight is 265 g/mol. The second kappa shape index (κ2) is 5.55. The van der Waals surface area contributed by atoms with E-state index >= 15 is 0 Å². The van der Waals surface area contributed by atoms with Crippen LogP contribution in [0.2, 0.25) is 0 Å². The van der Waals surface area contributed by atoms with E-state index in [1.807, 2.05) is 30.3 Å². The molecule has 0 atom stereocenters. The summed E-state index contributed by atoms with van der Waals surface area (Å²) in [5.74, 6) is 0.451. The molecule has 0 unspecified atom stereocenters. The molecule has 2 aromatic rings. The van der Waals surface area contributed by atoms with Gasteiger partial charge in [-0.2, -0.15) is 0 Å². The second-order valence-corrected chi connectivity index (χ2v) is 4.66. The van der Waals surface area contributed by atoms with Gasteiger partial charge in [-0.1, -0.05) is 18.2 Å². The number of carbonyl (C=O) groups is 1. The first kappa shape index (κ1) is 13.1. The third-order valence-corrected chi connectivity index (χ3v) is 3.51. The van der Waals surface area contributed by atoms with Gasteiger partial charge in [0.2, 0.25) is 0 Å². The SMILES string of the molecule is Cl.O=C(c1cc2ccccc2[nH]1)C1CCNCC1. The Morgan fingerprint density at radius 2 is 1.89 bits per heavy atom. The number of H-pyrrole nitrogens is 1. The smallest absolute Gasteiger partial charge is 0.182 e. The number of aromatic nitrogens is 1. The lowest BCUT2D eigenvalue weighted by atomic mass is 9.92. The van der Waals surface area contributed by atoms with E-state index in [4.69, 9.17) is 0 Å². The number of carbonyl (C=O) groups excluding carboxylic acids is 1. The fourth-order valence-corrected chi connectivity index (χ4v) is 2.51. The van der Waals surface area contributed by atoms with Crippen molar-refractivity contribution >= 4 is 29.1 Å². The van der Waals surface area contributed by atoms with Crippen LogP contribution >= 0.6 is 12.4 Å². The molecule has 1 saturated heterocycles. The average Bonchev–Trinajstić information content (AvgIpc) is 2.82. The first-order valence-electron chi connectivity index (χ1n) is 6.17. The van der Waals surface area contributed by atoms with Crippen LogP contribution in [-0.2, 0) is 0 Å². The molecule has 1 aliphatic rings. The van der Waals surface area contributed by atoms with Gasteiger partial charge in [-0.05, 0) is 38.1 Å². The van der Waals surface area contributed by atoms with Crippen LogP contribution in [0.15, 0.2) is 30.3 Å². The Morgan fingerprint density at radius 3 is 2.61 bits per heavy atom. The summed E-state index contributed by atoms with van der Waals surface area (Å²) in [6, 6.07) is 9.99. The molecule has 4 heteroatoms. The van der Waals surface area contributed by atoms with E-state index in [0.29, 0.717) is 0 Å². The summed E-state index contributed by atoms with van der Waals surface area (Å²) in [6.07, 6.45) is 1.91. The summed E-state index contributed by atoms with van der Waals surface area (Å²) in [5, 5.41) is 4.40. The predicted octanol–water partition coefficient (Wildman–Crippen LogP) is 2.77. The van der Waals surface area contributed by atoms with E-state index in [-0.39, 0.29) is 24.1 Å². The second-order valence-electron chi connectivity index (χ2n) is 4.66. The molecule has 1 fully saturated rings. The fraction of sp³-hybridized carbons (Fsp3) is 0.357. The van der Waals surface area contributed by atoms with Gasteiger partial charge in [-0.3, -0.25) is 4.79 Å². The molecule has 0 radical (unpaired) electrons. The van der Waals surface area contributed by atoms with E-state index in [0.717, 1.165) is 42.5 Å². The Balaban J connectivity index is 0.00000120. The van der Waals surface area contributed by atoms with Gasteiger partial charge >= 0.3 is 0 Å². The summed E-state index contributed by atoms with van der Waals surface area (Å²) in [7, 11) is 0. The number of fused-ring (bicyclic) bond motifs is 1. The summed E-state index contributed by atoms with van der Waals surface area (Å²) in [6.45, 7) is 1.91. The molecule has 0 saturated carbocycles. The number of ketones is 1. The maximum Gasteiger partial charge on any atom is 0.182 e. The maximum absolute atomic E-state index is 12.3. The van der Waals surface area contributed by atoms with Crippen LogP contribution in [0.4, 0.5) is 0 Å². The Bertz CT molecular complexity index is 510. The van der Waals surface area contributed by atoms with Crippen LogP contribution in [0.25, 0.3) is 10.9 Å². The molecule has 1 aromatic carbocycles. The monoisotopic (exact) mass is 264 g/mol. The quantitative estimate of drug-likeness (QED) is 0.820. The van der Waals surface area contributed by atoms with Crippen LogP contribution in [0.5, 0.6) is 0 Å². The van der Waals surface area contributed by atoms with Gasteiger partial charge in [0.05, 0.1) is 5.69 Å². The minimum absolute atomic E-state index is 0. The van der Waals surface area contributed by atoms with Gasteiger partial charge in [0.25, 0.3) is 0 Å². The van der Waals surface area contributed by atoms with Crippen LogP contribution in [0, 0.1) is 5.92 Å². The largest absolute Gasteiger partial charge is 0.352 e. The topological polar surface area (TPSA) is 44.9 Å². The van der Waals surface area contributed by atoms with E-state index < -0.39 is 0 Å². The first-order chi connectivity index (χ1) is 8.34. The van der Waals surface area contributed by atoms with Crippen LogP contribution in [0.1, 0.15) is 23.3 Å². The van der Waals surface area contributed by atoms with Gasteiger partial charge in [0, 0.05) is 16.8 Å². The third kappa shape index (κ3) is 2.42. The summed E-state index contributed by atoms with van der Waals surface area (Å²) in [4.78, 5) is 15.5. The normalized spacial score (nSPS) is 16.4. The number of Topliss-reactive ketones (excluding diaryl/α,β-unsaturated/α-hetero) is 1. The van der Waals surface area contributed by atoms with Crippen molar-refractivity contribution in [3.8, 4) is 0 Å². The Kier molecular flexibility index (Phi) is 4.04. The lowest BCUT2D eigenvalue weighted by Crippen LogP contribution is -2.32. The van der Waals surface area contributed by atoms with E-state index in [1.54, 1.807) is 0 Å². The maximum atomic E-state index is 12.3. The van der Waals surface area contributed by atoms with Crippen LogP contribution in [-0.4, -0.2) is 23.9 Å². The minimum Gasteiger partial charge on any atom is -0.352 e. The number of benzene rings is 1. The molecule has 1 aromatic heterocycles. The van der Waals surface area contributed by atoms with Crippen molar-refractivity contribution in [3.63, 3.8) is 0 Å². The molecule has 96 valence electrons. The van der Waals surface area contributed by atoms with Crippen molar-refractivity contribution in [1.29, 1.82) is 0 Å². The Labute approximate surface area is 112 Å². The van der Waals surface area contributed by atoms with Crippen molar-refractivity contribution in [2.45, 2.75) is 12.8 Å². The number of halogens is 1. The van der Waals surface area contributed by atoms with Gasteiger partial charge < -0.3 is 10.3 Å². The molecule has 0 amide bonds. The van der Waals surface area contributed by atoms with Crippen molar-refractivity contribution in [2.75, 3.05) is 13.1 Å². The van der Waals surface area contributed by atoms with Crippen molar-refractivity contribution in [3.05, 3.63) is 36.0 Å². The lowest BCUT2D eigenvalue weighted by Gasteiger charge is -2.20. The molecule has 3 nitrogen and oxygen atoms in total. The Hall–Kier alpha value is -1.32. The summed E-state index contributed by atoms with van der Waals surface area (Å²) < 4.78 is 0. The zero-order chi connectivity index (χ0) is 11.7. The molecule has 18 heavy (non-hydrogen) atoms. The fourth-order valence-electron chi connectivity index (χ4n) is 2.51. The standard InChI is InChI=1S/C14H16N2O.ClH/c17-14(10-5-7-15-8-6-10)13-9-11-3-1-2-4-12(11)16-13;/h1-4,9-10,15-16H,5-8H2;1H. The molecular formula is C14H17ClN2O. The molecule has 3 rings (SSSR count). The van der Waals surface area contributed by atoms with Crippen molar-refractivity contribution < 1.29 is 4.79 Å². The summed E-state index contributed by atoms with van der Waals surface area (Å²) in [5.41, 5.74) is 1.81. The zero-order valence-corrected chi connectivity index (χ0v) is 10.9. The van der Waals surface area contributed by atoms with Gasteiger partial charge in [0.1, 0.15) is 0 Å². The summed E-state index contributed by atoms with van der Waals surface area (Å²) >= 11 is 0. The molecule has 0 bridgehead atoms. The number of piperidine rings is 1. The molecular weight excluding hydrogens is 248 g/mol. The molecule has 1 aliphatic heterocycles. The number of hydrogen-bond acceptors (Lipinski definition) is 2. The van der Waals surface area contributed by atoms with Gasteiger partial charge in [-0.15, -0.1) is 12.4 Å². The molecule has 2 heterocycles. The van der Waals surface area contributed by atoms with E-state index in [9.17, 15) is 4.79 Å². The first-order valence-corrected chi connectivity index (χ1v) is 6.17. The number of nitrogens with one attached hydrogen (secondary N) is 2. The zero-order valence-electron chi connectivity index (χ0n) is 10.1. The van der Waals surface area contributed by atoms with Crippen molar-refractivity contribution in [2.24, 2.45) is 5.92 Å². The molecule has 0 spiro atoms. The lowest BCUT2D eigenvalue weighted by molar-refractivity contribution is 0.0891. The van der Waals surface area contributed by atoms with Gasteiger partial charge in [0.15, 0.2) is 5.78 Å². The highest BCUT2D eigenvalue weighted by Crippen LogP contribution is 2.21. The minimum atomic E-state index is 0. The van der Waals surface area contributed by atoms with E-state index in [2.05, 4.69) is 10.3 Å². The number of aromatic amines is 1. The van der Waals surface area contributed by atoms with Crippen molar-refractivity contribution in [1.82, 2.24) is 10.3 Å². The predicted molar refractivity (Wildman–Crippen MR) is 75.5 cm³/mol. The highest BCUT2D eigenvalue weighted by molar-refractivity contribution is 6.00. The molecule has 2 N–H and O–H groups in total. The number of hydrogen-bond donors (Lipinski definition) is 2. The van der Waals surface area contributed by atoms with Crippen LogP contribution in [0.3, 0.4) is 0 Å². The third-order valence-electron chi connectivity index (χ3n) is 3.51. The van der Waals surface area contributed by atoms with E-state index in [1.165, 1.54) is 0 Å². The highest BCUT2D eigenvalue weighted by Gasteiger charge is 2.23. The number of para-hydroxylation sites is 1. The number of rotatable bonds is 2.